The van der Waals surface area contributed by atoms with Gasteiger partial charge in [0.25, 0.3) is 0 Å². The number of hydrogen-bond donors (Lipinski definition) is 2. The number of amides is 2. The van der Waals surface area contributed by atoms with Crippen LogP contribution in [0, 0.1) is 0 Å². The van der Waals surface area contributed by atoms with Gasteiger partial charge < -0.3 is 11.1 Å². The number of nitrogens with zero attached hydrogens (tertiary/aromatic N) is 2. The van der Waals surface area contributed by atoms with Crippen LogP contribution in [-0.4, -0.2) is 21.6 Å². The Balaban J connectivity index is 1.55. The molecule has 6 heteroatoms. The van der Waals surface area contributed by atoms with Crippen LogP contribution in [-0.2, 0) is 11.3 Å². The first-order valence-electron chi connectivity index (χ1n) is 10.1. The summed E-state index contributed by atoms with van der Waals surface area (Å²) in [4.78, 5) is 23.6. The van der Waals surface area contributed by atoms with E-state index in [0.717, 1.165) is 22.4 Å². The van der Waals surface area contributed by atoms with Crippen LogP contribution < -0.4 is 11.1 Å². The molecule has 0 aliphatic heterocycles. The van der Waals surface area contributed by atoms with Crippen LogP contribution in [0.2, 0.25) is 0 Å². The topological polar surface area (TPSA) is 90.0 Å². The summed E-state index contributed by atoms with van der Waals surface area (Å²) < 4.78 is 1.87. The van der Waals surface area contributed by atoms with Crippen LogP contribution >= 0.6 is 0 Å². The van der Waals surface area contributed by atoms with Gasteiger partial charge in [0.1, 0.15) is 0 Å². The molecule has 0 aliphatic carbocycles. The zero-order chi connectivity index (χ0) is 22.3. The van der Waals surface area contributed by atoms with Gasteiger partial charge in [-0.1, -0.05) is 60.7 Å². The molecule has 32 heavy (non-hydrogen) atoms. The third kappa shape index (κ3) is 5.17. The monoisotopic (exact) mass is 422 g/mol. The Morgan fingerprint density at radius 2 is 1.56 bits per heavy atom. The number of anilines is 1. The number of hydrogen-bond acceptors (Lipinski definition) is 3. The molecule has 6 nitrogen and oxygen atoms in total. The first kappa shape index (κ1) is 20.8. The predicted molar refractivity (Wildman–Crippen MR) is 126 cm³/mol. The number of nitrogens with one attached hydrogen (secondary N) is 1. The van der Waals surface area contributed by atoms with E-state index in [9.17, 15) is 9.59 Å². The van der Waals surface area contributed by atoms with E-state index in [0.29, 0.717) is 17.8 Å². The lowest BCUT2D eigenvalue weighted by molar-refractivity contribution is -0.111. The highest BCUT2D eigenvalue weighted by molar-refractivity contribution is 6.02. The van der Waals surface area contributed by atoms with E-state index in [-0.39, 0.29) is 5.91 Å². The molecule has 3 N–H and O–H groups in total. The van der Waals surface area contributed by atoms with E-state index >= 15 is 0 Å². The Bertz CT molecular complexity index is 1240. The molecule has 0 spiro atoms. The van der Waals surface area contributed by atoms with Crippen molar-refractivity contribution in [3.63, 3.8) is 0 Å². The highest BCUT2D eigenvalue weighted by Crippen LogP contribution is 2.23. The van der Waals surface area contributed by atoms with Crippen molar-refractivity contribution in [2.75, 3.05) is 5.32 Å². The van der Waals surface area contributed by atoms with Crippen molar-refractivity contribution < 1.29 is 9.59 Å². The standard InChI is InChI=1S/C26H22N4O2/c27-26(32)21-11-14-23(15-12-21)28-24(31)16-13-22-18-30(17-19-7-3-1-4-8-19)29-25(22)20-9-5-2-6-10-20/h1-16,18H,17H2,(H2,27,32)(H,28,31)/b16-13+. The summed E-state index contributed by atoms with van der Waals surface area (Å²) in [5, 5.41) is 7.53. The number of benzene rings is 3. The minimum Gasteiger partial charge on any atom is -0.366 e. The van der Waals surface area contributed by atoms with Crippen LogP contribution in [0.5, 0.6) is 0 Å². The molecule has 3 aromatic carbocycles. The van der Waals surface area contributed by atoms with E-state index < -0.39 is 5.91 Å². The fourth-order valence-electron chi connectivity index (χ4n) is 3.30. The molecule has 0 atom stereocenters. The first-order valence-corrected chi connectivity index (χ1v) is 10.1. The second kappa shape index (κ2) is 9.57. The maximum Gasteiger partial charge on any atom is 0.248 e. The molecular formula is C26H22N4O2. The molecule has 0 saturated carbocycles. The first-order chi connectivity index (χ1) is 15.6. The van der Waals surface area contributed by atoms with Crippen molar-refractivity contribution in [3.05, 3.63) is 114 Å². The van der Waals surface area contributed by atoms with Crippen molar-refractivity contribution in [1.82, 2.24) is 9.78 Å². The summed E-state index contributed by atoms with van der Waals surface area (Å²) in [7, 11) is 0. The SMILES string of the molecule is NC(=O)c1ccc(NC(=O)/C=C/c2cn(Cc3ccccc3)nc2-c2ccccc2)cc1. The highest BCUT2D eigenvalue weighted by atomic mass is 16.1. The summed E-state index contributed by atoms with van der Waals surface area (Å²) in [5.41, 5.74) is 9.96. The van der Waals surface area contributed by atoms with Gasteiger partial charge in [-0.2, -0.15) is 5.10 Å². The molecule has 0 fully saturated rings. The van der Waals surface area contributed by atoms with E-state index in [1.54, 1.807) is 30.3 Å². The molecule has 0 bridgehead atoms. The number of aromatic nitrogens is 2. The fourth-order valence-corrected chi connectivity index (χ4v) is 3.30. The van der Waals surface area contributed by atoms with E-state index in [2.05, 4.69) is 17.4 Å². The lowest BCUT2D eigenvalue weighted by Crippen LogP contribution is -2.11. The lowest BCUT2D eigenvalue weighted by Gasteiger charge is -2.03. The van der Waals surface area contributed by atoms with Crippen LogP contribution in [0.15, 0.2) is 97.2 Å². The quantitative estimate of drug-likeness (QED) is 0.434. The maximum absolute atomic E-state index is 12.4. The molecule has 158 valence electrons. The van der Waals surface area contributed by atoms with Crippen LogP contribution in [0.3, 0.4) is 0 Å². The van der Waals surface area contributed by atoms with E-state index in [1.807, 2.05) is 59.4 Å². The van der Waals surface area contributed by atoms with Gasteiger partial charge in [-0.05, 0) is 35.9 Å². The molecule has 2 amide bonds. The predicted octanol–water partition coefficient (Wildman–Crippen LogP) is 4.35. The van der Waals surface area contributed by atoms with E-state index in [1.165, 1.54) is 6.08 Å². The second-order valence-corrected chi connectivity index (χ2v) is 7.25. The van der Waals surface area contributed by atoms with Crippen LogP contribution in [0.1, 0.15) is 21.5 Å². The smallest absolute Gasteiger partial charge is 0.248 e. The number of rotatable bonds is 7. The average molecular weight is 422 g/mol. The number of carbonyl (C=O) groups excluding carboxylic acids is 2. The minimum absolute atomic E-state index is 0.286. The summed E-state index contributed by atoms with van der Waals surface area (Å²) in [5.74, 6) is -0.796. The number of carbonyl (C=O) groups is 2. The average Bonchev–Trinajstić information content (AvgIpc) is 3.22. The van der Waals surface area contributed by atoms with Gasteiger partial charge >= 0.3 is 0 Å². The maximum atomic E-state index is 12.4. The van der Waals surface area contributed by atoms with Gasteiger partial charge in [-0.25, -0.2) is 0 Å². The summed E-state index contributed by atoms with van der Waals surface area (Å²) >= 11 is 0. The lowest BCUT2D eigenvalue weighted by atomic mass is 10.1. The molecule has 0 aliphatic rings. The third-order valence-electron chi connectivity index (χ3n) is 4.88. The number of nitrogens with two attached hydrogens (primary N) is 1. The largest absolute Gasteiger partial charge is 0.366 e. The van der Waals surface area contributed by atoms with Crippen LogP contribution in [0.4, 0.5) is 5.69 Å². The van der Waals surface area contributed by atoms with Crippen molar-refractivity contribution in [2.45, 2.75) is 6.54 Å². The molecule has 4 rings (SSSR count). The van der Waals surface area contributed by atoms with Crippen molar-refractivity contribution >= 4 is 23.6 Å². The fraction of sp³-hybridized carbons (Fsp3) is 0.0385. The molecule has 0 unspecified atom stereocenters. The molecular weight excluding hydrogens is 400 g/mol. The molecule has 4 aromatic rings. The Kier molecular flexibility index (Phi) is 6.22. The number of primary amides is 1. The normalized spacial score (nSPS) is 10.9. The van der Waals surface area contributed by atoms with Crippen LogP contribution in [0.25, 0.3) is 17.3 Å². The van der Waals surface area contributed by atoms with Gasteiger partial charge in [0, 0.05) is 34.7 Å². The summed E-state index contributed by atoms with van der Waals surface area (Å²) in [6.45, 7) is 0.632. The van der Waals surface area contributed by atoms with Crippen molar-refractivity contribution in [1.29, 1.82) is 0 Å². The molecule has 0 radical (unpaired) electrons. The zero-order valence-electron chi connectivity index (χ0n) is 17.3. The summed E-state index contributed by atoms with van der Waals surface area (Å²) in [6, 6.07) is 26.4. The molecule has 1 heterocycles. The highest BCUT2D eigenvalue weighted by Gasteiger charge is 2.10. The van der Waals surface area contributed by atoms with Gasteiger partial charge in [0.05, 0.1) is 12.2 Å². The second-order valence-electron chi connectivity index (χ2n) is 7.25. The van der Waals surface area contributed by atoms with Gasteiger partial charge in [-0.3, -0.25) is 14.3 Å². The third-order valence-corrected chi connectivity index (χ3v) is 4.88. The van der Waals surface area contributed by atoms with Crippen molar-refractivity contribution in [3.8, 4) is 11.3 Å². The Hall–Kier alpha value is -4.45. The van der Waals surface area contributed by atoms with Gasteiger partial charge in [-0.15, -0.1) is 0 Å². The Morgan fingerprint density at radius 3 is 2.22 bits per heavy atom. The molecule has 1 aromatic heterocycles. The minimum atomic E-state index is -0.510. The van der Waals surface area contributed by atoms with E-state index in [4.69, 9.17) is 10.8 Å². The van der Waals surface area contributed by atoms with Gasteiger partial charge in [0.2, 0.25) is 11.8 Å². The van der Waals surface area contributed by atoms with Gasteiger partial charge in [0.15, 0.2) is 0 Å². The Labute approximate surface area is 186 Å². The summed E-state index contributed by atoms with van der Waals surface area (Å²) in [6.07, 6.45) is 5.16. The zero-order valence-corrected chi connectivity index (χ0v) is 17.3. The Morgan fingerprint density at radius 1 is 0.906 bits per heavy atom. The molecule has 0 saturated heterocycles. The van der Waals surface area contributed by atoms with Crippen molar-refractivity contribution in [2.24, 2.45) is 5.73 Å².